The highest BCUT2D eigenvalue weighted by molar-refractivity contribution is 7.90. The van der Waals surface area contributed by atoms with Gasteiger partial charge in [-0.05, 0) is 31.1 Å². The topological polar surface area (TPSA) is 116 Å². The number of amidine groups is 1. The molecule has 2 aliphatic rings. The van der Waals surface area contributed by atoms with Gasteiger partial charge in [-0.2, -0.15) is 0 Å². The first-order chi connectivity index (χ1) is 12.2. The van der Waals surface area contributed by atoms with Gasteiger partial charge in [-0.3, -0.25) is 4.79 Å². The van der Waals surface area contributed by atoms with Gasteiger partial charge in [-0.1, -0.05) is 6.92 Å². The third kappa shape index (κ3) is 3.42. The highest BCUT2D eigenvalue weighted by Gasteiger charge is 2.26. The number of sulfonamides is 1. The summed E-state index contributed by atoms with van der Waals surface area (Å²) in [6.45, 7) is 3.90. The zero-order valence-electron chi connectivity index (χ0n) is 14.1. The number of amides is 1. The van der Waals surface area contributed by atoms with Crippen molar-refractivity contribution in [2.24, 2.45) is 4.40 Å². The molecule has 1 aromatic heterocycles. The molecule has 138 valence electrons. The Bertz CT molecular complexity index is 986. The summed E-state index contributed by atoms with van der Waals surface area (Å²) >= 11 is 1.23. The minimum atomic E-state index is -3.46. The van der Waals surface area contributed by atoms with Crippen LogP contribution >= 0.6 is 11.3 Å². The maximum absolute atomic E-state index is 12.6. The van der Waals surface area contributed by atoms with E-state index in [0.717, 1.165) is 4.88 Å². The van der Waals surface area contributed by atoms with Crippen LogP contribution in [0.4, 0.5) is 5.00 Å². The Kier molecular flexibility index (Phi) is 4.72. The van der Waals surface area contributed by atoms with Crippen LogP contribution < -0.4 is 5.32 Å². The molecule has 2 aliphatic heterocycles. The van der Waals surface area contributed by atoms with Crippen LogP contribution in [0.5, 0.6) is 0 Å². The van der Waals surface area contributed by atoms with Crippen LogP contribution in [0.2, 0.25) is 0 Å². The number of hydrogen-bond acceptors (Lipinski definition) is 6. The molecule has 1 aromatic rings. The maximum Gasteiger partial charge on any atom is 0.339 e. The number of carboxylic acids is 1. The van der Waals surface area contributed by atoms with E-state index in [1.165, 1.54) is 29.7 Å². The molecule has 0 fully saturated rings. The number of anilines is 1. The molecule has 0 radical (unpaired) electrons. The minimum absolute atomic E-state index is 0.120. The molecule has 0 saturated heterocycles. The van der Waals surface area contributed by atoms with E-state index in [0.29, 0.717) is 22.6 Å². The van der Waals surface area contributed by atoms with Crippen molar-refractivity contribution >= 4 is 44.1 Å². The average molecular weight is 395 g/mol. The lowest BCUT2D eigenvalue weighted by Gasteiger charge is -2.26. The number of rotatable bonds is 4. The Morgan fingerprint density at radius 1 is 1.38 bits per heavy atom. The van der Waals surface area contributed by atoms with Crippen LogP contribution in [0.25, 0.3) is 0 Å². The number of carboxylic acid groups (broad SMARTS) is 1. The first-order valence-corrected chi connectivity index (χ1v) is 10.3. The number of nitrogens with one attached hydrogen (secondary N) is 1. The molecule has 0 aromatic carbocycles. The smallest absolute Gasteiger partial charge is 0.339 e. The van der Waals surface area contributed by atoms with Gasteiger partial charge in [0, 0.05) is 17.6 Å². The van der Waals surface area contributed by atoms with Gasteiger partial charge in [0.15, 0.2) is 0 Å². The van der Waals surface area contributed by atoms with Gasteiger partial charge in [-0.25, -0.2) is 13.2 Å². The summed E-state index contributed by atoms with van der Waals surface area (Å²) in [5.41, 5.74) is 1.13. The fraction of sp³-hybridized carbons (Fsp3) is 0.312. The molecule has 0 saturated carbocycles. The molecule has 3 heterocycles. The number of aryl methyl sites for hydroxylation is 1. The Morgan fingerprint density at radius 2 is 2.12 bits per heavy atom. The Morgan fingerprint density at radius 3 is 2.77 bits per heavy atom. The van der Waals surface area contributed by atoms with Crippen molar-refractivity contribution in [3.63, 3.8) is 0 Å². The summed E-state index contributed by atoms with van der Waals surface area (Å²) in [7, 11) is -3.46. The van der Waals surface area contributed by atoms with E-state index in [1.807, 2.05) is 13.8 Å². The predicted molar refractivity (Wildman–Crippen MR) is 99.2 cm³/mol. The lowest BCUT2D eigenvalue weighted by molar-refractivity contribution is -0.112. The molecule has 3 rings (SSSR count). The van der Waals surface area contributed by atoms with Crippen molar-refractivity contribution in [1.82, 2.24) is 4.90 Å². The second kappa shape index (κ2) is 6.69. The van der Waals surface area contributed by atoms with Crippen LogP contribution in [0.3, 0.4) is 0 Å². The van der Waals surface area contributed by atoms with E-state index >= 15 is 0 Å². The van der Waals surface area contributed by atoms with E-state index in [4.69, 9.17) is 0 Å². The molecule has 0 bridgehead atoms. The quantitative estimate of drug-likeness (QED) is 0.802. The molecule has 0 unspecified atom stereocenters. The van der Waals surface area contributed by atoms with E-state index in [-0.39, 0.29) is 23.7 Å². The zero-order valence-corrected chi connectivity index (χ0v) is 15.8. The van der Waals surface area contributed by atoms with Crippen LogP contribution in [-0.2, 0) is 21.2 Å². The first-order valence-electron chi connectivity index (χ1n) is 7.88. The van der Waals surface area contributed by atoms with Crippen molar-refractivity contribution in [2.45, 2.75) is 20.3 Å². The first kappa shape index (κ1) is 18.3. The molecule has 8 nitrogen and oxygen atoms in total. The van der Waals surface area contributed by atoms with Crippen LogP contribution in [0.15, 0.2) is 28.3 Å². The Hall–Kier alpha value is -2.46. The van der Waals surface area contributed by atoms with E-state index in [9.17, 15) is 23.1 Å². The summed E-state index contributed by atoms with van der Waals surface area (Å²) in [5.74, 6) is -1.40. The monoisotopic (exact) mass is 395 g/mol. The molecule has 0 aliphatic carbocycles. The van der Waals surface area contributed by atoms with Crippen molar-refractivity contribution in [1.29, 1.82) is 0 Å². The molecular weight excluding hydrogens is 378 g/mol. The fourth-order valence-electron chi connectivity index (χ4n) is 2.83. The van der Waals surface area contributed by atoms with Crippen molar-refractivity contribution in [3.05, 3.63) is 39.9 Å². The number of aromatic carboxylic acids is 1. The van der Waals surface area contributed by atoms with E-state index in [1.54, 1.807) is 4.90 Å². The lowest BCUT2D eigenvalue weighted by atomic mass is 10.1. The van der Waals surface area contributed by atoms with Crippen molar-refractivity contribution in [2.75, 3.05) is 17.6 Å². The standard InChI is InChI=1S/C16H17N3O5S2/c1-3-11-9(2)25-15(13(11)16(21)22)17-14(20)10-4-5-12-18-26(23,24)7-6-19(12)8-10/h4-5,8H,3,6-7H2,1-2H3,(H,17,20)(H,21,22). The van der Waals surface area contributed by atoms with Crippen LogP contribution in [-0.4, -0.2) is 48.4 Å². The molecule has 2 N–H and O–H groups in total. The normalized spacial score (nSPS) is 18.0. The Labute approximate surface area is 154 Å². The van der Waals surface area contributed by atoms with Crippen molar-refractivity contribution in [3.8, 4) is 0 Å². The number of carbonyl (C=O) groups is 2. The average Bonchev–Trinajstić information content (AvgIpc) is 2.88. The second-order valence-corrected chi connectivity index (χ2v) is 8.78. The number of fused-ring (bicyclic) bond motifs is 1. The molecule has 0 spiro atoms. The van der Waals surface area contributed by atoms with Gasteiger partial charge in [0.25, 0.3) is 15.9 Å². The summed E-state index contributed by atoms with van der Waals surface area (Å²) in [5, 5.41) is 12.4. The molecule has 26 heavy (non-hydrogen) atoms. The Balaban J connectivity index is 1.86. The van der Waals surface area contributed by atoms with Crippen molar-refractivity contribution < 1.29 is 23.1 Å². The van der Waals surface area contributed by atoms with Gasteiger partial charge >= 0.3 is 5.97 Å². The SMILES string of the molecule is CCc1c(C)sc(NC(=O)C2=CN3CCS(=O)(=O)N=C3C=C2)c1C(=O)O. The molecule has 1 amide bonds. The van der Waals surface area contributed by atoms with E-state index < -0.39 is 21.9 Å². The van der Waals surface area contributed by atoms with Crippen LogP contribution in [0.1, 0.15) is 27.7 Å². The lowest BCUT2D eigenvalue weighted by Crippen LogP contribution is -2.37. The largest absolute Gasteiger partial charge is 0.478 e. The zero-order chi connectivity index (χ0) is 19.1. The summed E-state index contributed by atoms with van der Waals surface area (Å²) in [6.07, 6.45) is 5.00. The van der Waals surface area contributed by atoms with Gasteiger partial charge in [0.05, 0.1) is 16.9 Å². The third-order valence-electron chi connectivity index (χ3n) is 4.09. The number of nitrogens with zero attached hydrogens (tertiary/aromatic N) is 2. The highest BCUT2D eigenvalue weighted by atomic mass is 32.2. The second-order valence-electron chi connectivity index (χ2n) is 5.80. The maximum atomic E-state index is 12.6. The fourth-order valence-corrected chi connectivity index (χ4v) is 4.93. The van der Waals surface area contributed by atoms with Gasteiger partial charge in [0.1, 0.15) is 10.8 Å². The van der Waals surface area contributed by atoms with Gasteiger partial charge in [-0.15, -0.1) is 15.7 Å². The predicted octanol–water partition coefficient (Wildman–Crippen LogP) is 1.75. The minimum Gasteiger partial charge on any atom is -0.478 e. The number of thiophene rings is 1. The van der Waals surface area contributed by atoms with Crippen LogP contribution in [0, 0.1) is 6.92 Å². The molecule has 10 heteroatoms. The van der Waals surface area contributed by atoms with Gasteiger partial charge < -0.3 is 15.3 Å². The molecule has 0 atom stereocenters. The highest BCUT2D eigenvalue weighted by Crippen LogP contribution is 2.34. The summed E-state index contributed by atoms with van der Waals surface area (Å²) in [6, 6.07) is 0. The summed E-state index contributed by atoms with van der Waals surface area (Å²) in [4.78, 5) is 26.6. The molecular formula is C16H17N3O5S2. The van der Waals surface area contributed by atoms with Gasteiger partial charge in [0.2, 0.25) is 0 Å². The van der Waals surface area contributed by atoms with E-state index in [2.05, 4.69) is 9.71 Å². The number of hydrogen-bond donors (Lipinski definition) is 2. The number of carbonyl (C=O) groups excluding carboxylic acids is 1. The third-order valence-corrected chi connectivity index (χ3v) is 6.32. The summed E-state index contributed by atoms with van der Waals surface area (Å²) < 4.78 is 26.7.